The van der Waals surface area contributed by atoms with E-state index in [2.05, 4.69) is 26.1 Å². The van der Waals surface area contributed by atoms with Gasteiger partial charge in [-0.15, -0.1) is 0 Å². The highest BCUT2D eigenvalue weighted by atomic mass is 35.5. The van der Waals surface area contributed by atoms with Crippen LogP contribution in [0.5, 0.6) is 0 Å². The van der Waals surface area contributed by atoms with E-state index in [-0.39, 0.29) is 6.10 Å². The SMILES string of the molecule is CC(C)NCCCC(C)OCc1ccccc1Cl. The minimum absolute atomic E-state index is 0.273. The van der Waals surface area contributed by atoms with E-state index in [0.717, 1.165) is 30.0 Å². The van der Waals surface area contributed by atoms with Crippen LogP contribution in [0, 0.1) is 0 Å². The molecule has 0 radical (unpaired) electrons. The third kappa shape index (κ3) is 6.39. The standard InChI is InChI=1S/C15H24ClNO/c1-12(2)17-10-6-7-13(3)18-11-14-8-4-5-9-15(14)16/h4-5,8-9,12-13,17H,6-7,10-11H2,1-3H3. The van der Waals surface area contributed by atoms with Crippen LogP contribution in [0.1, 0.15) is 39.2 Å². The minimum Gasteiger partial charge on any atom is -0.374 e. The number of hydrogen-bond donors (Lipinski definition) is 1. The van der Waals surface area contributed by atoms with Crippen LogP contribution >= 0.6 is 11.6 Å². The molecular formula is C15H24ClNO. The maximum Gasteiger partial charge on any atom is 0.0734 e. The molecule has 18 heavy (non-hydrogen) atoms. The molecule has 0 aliphatic carbocycles. The average molecular weight is 270 g/mol. The van der Waals surface area contributed by atoms with Gasteiger partial charge >= 0.3 is 0 Å². The minimum atomic E-state index is 0.273. The third-order valence-corrected chi connectivity index (χ3v) is 3.19. The molecule has 0 spiro atoms. The molecule has 1 aromatic carbocycles. The summed E-state index contributed by atoms with van der Waals surface area (Å²) in [5.41, 5.74) is 1.06. The number of ether oxygens (including phenoxy) is 1. The predicted octanol–water partition coefficient (Wildman–Crippen LogP) is 4.02. The normalized spacial score (nSPS) is 12.9. The first-order valence-electron chi connectivity index (χ1n) is 6.68. The number of nitrogens with one attached hydrogen (secondary N) is 1. The van der Waals surface area contributed by atoms with E-state index < -0.39 is 0 Å². The Morgan fingerprint density at radius 2 is 1.94 bits per heavy atom. The zero-order chi connectivity index (χ0) is 13.4. The second-order valence-electron chi connectivity index (χ2n) is 4.96. The van der Waals surface area contributed by atoms with E-state index in [1.807, 2.05) is 24.3 Å². The van der Waals surface area contributed by atoms with Crippen LogP contribution in [0.4, 0.5) is 0 Å². The summed E-state index contributed by atoms with van der Waals surface area (Å²) in [5.74, 6) is 0. The van der Waals surface area contributed by atoms with Gasteiger partial charge in [-0.3, -0.25) is 0 Å². The molecule has 1 rings (SSSR count). The van der Waals surface area contributed by atoms with Gasteiger partial charge in [-0.05, 0) is 37.9 Å². The van der Waals surface area contributed by atoms with Gasteiger partial charge in [0.1, 0.15) is 0 Å². The Morgan fingerprint density at radius 3 is 2.61 bits per heavy atom. The van der Waals surface area contributed by atoms with Crippen molar-refractivity contribution in [2.24, 2.45) is 0 Å². The van der Waals surface area contributed by atoms with E-state index in [1.54, 1.807) is 0 Å². The van der Waals surface area contributed by atoms with Gasteiger partial charge in [0.25, 0.3) is 0 Å². The number of rotatable bonds is 8. The molecule has 2 nitrogen and oxygen atoms in total. The zero-order valence-electron chi connectivity index (χ0n) is 11.6. The molecule has 0 aromatic heterocycles. The maximum atomic E-state index is 6.08. The molecule has 102 valence electrons. The Labute approximate surface area is 116 Å². The van der Waals surface area contributed by atoms with Crippen molar-refractivity contribution in [3.8, 4) is 0 Å². The van der Waals surface area contributed by atoms with Crippen LogP contribution in [-0.2, 0) is 11.3 Å². The van der Waals surface area contributed by atoms with Crippen LogP contribution in [-0.4, -0.2) is 18.7 Å². The van der Waals surface area contributed by atoms with Crippen molar-refractivity contribution in [3.05, 3.63) is 34.9 Å². The van der Waals surface area contributed by atoms with Gasteiger partial charge in [0.05, 0.1) is 12.7 Å². The summed E-state index contributed by atoms with van der Waals surface area (Å²) in [4.78, 5) is 0. The number of hydrogen-bond acceptors (Lipinski definition) is 2. The van der Waals surface area contributed by atoms with Gasteiger partial charge in [0, 0.05) is 11.1 Å². The summed E-state index contributed by atoms with van der Waals surface area (Å²) in [6.45, 7) is 8.09. The maximum absolute atomic E-state index is 6.08. The lowest BCUT2D eigenvalue weighted by molar-refractivity contribution is 0.0463. The van der Waals surface area contributed by atoms with Crippen molar-refractivity contribution in [1.29, 1.82) is 0 Å². The first-order valence-corrected chi connectivity index (χ1v) is 7.05. The second-order valence-corrected chi connectivity index (χ2v) is 5.37. The topological polar surface area (TPSA) is 21.3 Å². The zero-order valence-corrected chi connectivity index (χ0v) is 12.3. The molecule has 1 aromatic rings. The molecule has 0 heterocycles. The summed E-state index contributed by atoms with van der Waals surface area (Å²) in [6, 6.07) is 8.39. The fourth-order valence-corrected chi connectivity index (χ4v) is 1.90. The highest BCUT2D eigenvalue weighted by Gasteiger charge is 2.05. The summed E-state index contributed by atoms with van der Waals surface area (Å²) in [5, 5.41) is 4.19. The van der Waals surface area contributed by atoms with E-state index in [9.17, 15) is 0 Å². The van der Waals surface area contributed by atoms with Crippen LogP contribution in [0.15, 0.2) is 24.3 Å². The molecule has 0 aliphatic heterocycles. The fraction of sp³-hybridized carbons (Fsp3) is 0.600. The molecule has 0 fully saturated rings. The molecule has 0 saturated heterocycles. The Hall–Kier alpha value is -0.570. The van der Waals surface area contributed by atoms with Gasteiger partial charge in [-0.25, -0.2) is 0 Å². The third-order valence-electron chi connectivity index (χ3n) is 2.82. The smallest absolute Gasteiger partial charge is 0.0734 e. The van der Waals surface area contributed by atoms with E-state index >= 15 is 0 Å². The fourth-order valence-electron chi connectivity index (χ4n) is 1.71. The highest BCUT2D eigenvalue weighted by molar-refractivity contribution is 6.31. The molecule has 0 saturated carbocycles. The average Bonchev–Trinajstić information content (AvgIpc) is 2.33. The van der Waals surface area contributed by atoms with Crippen LogP contribution < -0.4 is 5.32 Å². The van der Waals surface area contributed by atoms with Crippen LogP contribution in [0.25, 0.3) is 0 Å². The largest absolute Gasteiger partial charge is 0.374 e. The van der Waals surface area contributed by atoms with Crippen LogP contribution in [0.2, 0.25) is 5.02 Å². The quantitative estimate of drug-likeness (QED) is 0.720. The molecule has 0 bridgehead atoms. The van der Waals surface area contributed by atoms with Gasteiger partial charge < -0.3 is 10.1 Å². The highest BCUT2D eigenvalue weighted by Crippen LogP contribution is 2.17. The lowest BCUT2D eigenvalue weighted by atomic mass is 10.2. The van der Waals surface area contributed by atoms with Crippen molar-refractivity contribution in [2.75, 3.05) is 6.54 Å². The summed E-state index contributed by atoms with van der Waals surface area (Å²) in [7, 11) is 0. The lowest BCUT2D eigenvalue weighted by Gasteiger charge is -2.14. The Morgan fingerprint density at radius 1 is 1.22 bits per heavy atom. The van der Waals surface area contributed by atoms with Crippen molar-refractivity contribution < 1.29 is 4.74 Å². The van der Waals surface area contributed by atoms with E-state index in [0.29, 0.717) is 12.6 Å². The molecule has 3 heteroatoms. The van der Waals surface area contributed by atoms with E-state index in [4.69, 9.17) is 16.3 Å². The molecule has 1 unspecified atom stereocenters. The van der Waals surface area contributed by atoms with Crippen molar-refractivity contribution in [3.63, 3.8) is 0 Å². The predicted molar refractivity (Wildman–Crippen MR) is 78.1 cm³/mol. The lowest BCUT2D eigenvalue weighted by Crippen LogP contribution is -2.24. The first-order chi connectivity index (χ1) is 8.59. The molecular weight excluding hydrogens is 246 g/mol. The Bertz CT molecular complexity index is 341. The monoisotopic (exact) mass is 269 g/mol. The molecule has 1 N–H and O–H groups in total. The molecule has 0 amide bonds. The van der Waals surface area contributed by atoms with Gasteiger partial charge in [-0.2, -0.15) is 0 Å². The number of benzene rings is 1. The van der Waals surface area contributed by atoms with Gasteiger partial charge in [0.15, 0.2) is 0 Å². The first kappa shape index (κ1) is 15.5. The van der Waals surface area contributed by atoms with Crippen LogP contribution in [0.3, 0.4) is 0 Å². The summed E-state index contributed by atoms with van der Waals surface area (Å²) in [6.07, 6.45) is 2.49. The molecule has 1 atom stereocenters. The second kappa shape index (κ2) is 8.52. The van der Waals surface area contributed by atoms with Gasteiger partial charge in [-0.1, -0.05) is 43.6 Å². The Kier molecular flexibility index (Phi) is 7.33. The van der Waals surface area contributed by atoms with E-state index in [1.165, 1.54) is 0 Å². The Balaban J connectivity index is 2.17. The van der Waals surface area contributed by atoms with Crippen molar-refractivity contribution in [2.45, 2.75) is 52.4 Å². The summed E-state index contributed by atoms with van der Waals surface area (Å²) < 4.78 is 5.80. The van der Waals surface area contributed by atoms with Crippen molar-refractivity contribution in [1.82, 2.24) is 5.32 Å². The van der Waals surface area contributed by atoms with Crippen molar-refractivity contribution >= 4 is 11.6 Å². The number of halogens is 1. The summed E-state index contributed by atoms with van der Waals surface area (Å²) >= 11 is 6.08. The van der Waals surface area contributed by atoms with Gasteiger partial charge in [0.2, 0.25) is 0 Å². The molecule has 0 aliphatic rings.